The van der Waals surface area contributed by atoms with Gasteiger partial charge in [-0.05, 0) is 69.0 Å². The standard InChI is InChI=1S/C30H37N3O4S/c1-5-28(30(35)31-23(2)3)32(20-19-25-14-8-6-9-15-25)29(34)22-33(26-16-12-13-24(4)21-26)38(36,37)27-17-10-7-11-18-27/h6-18,21,23,28H,5,19-20,22H2,1-4H3,(H,31,35)/t28-/m0/s1. The predicted octanol–water partition coefficient (Wildman–Crippen LogP) is 4.56. The highest BCUT2D eigenvalue weighted by Gasteiger charge is 2.33. The van der Waals surface area contributed by atoms with Crippen LogP contribution >= 0.6 is 0 Å². The van der Waals surface area contributed by atoms with Gasteiger partial charge in [0.05, 0.1) is 10.6 Å². The van der Waals surface area contributed by atoms with Crippen molar-refractivity contribution in [1.82, 2.24) is 10.2 Å². The first-order valence-electron chi connectivity index (χ1n) is 12.9. The van der Waals surface area contributed by atoms with Gasteiger partial charge in [-0.3, -0.25) is 13.9 Å². The van der Waals surface area contributed by atoms with Crippen LogP contribution in [0.4, 0.5) is 5.69 Å². The number of amides is 2. The van der Waals surface area contributed by atoms with E-state index < -0.39 is 28.5 Å². The van der Waals surface area contributed by atoms with Gasteiger partial charge in [0.2, 0.25) is 11.8 Å². The molecule has 38 heavy (non-hydrogen) atoms. The number of nitrogens with one attached hydrogen (secondary N) is 1. The van der Waals surface area contributed by atoms with Crippen molar-refractivity contribution in [3.05, 3.63) is 96.1 Å². The number of hydrogen-bond acceptors (Lipinski definition) is 4. The Bertz CT molecular complexity index is 1310. The van der Waals surface area contributed by atoms with E-state index in [4.69, 9.17) is 0 Å². The molecule has 3 aromatic rings. The Balaban J connectivity index is 2.00. The minimum atomic E-state index is -4.05. The number of carbonyl (C=O) groups is 2. The third-order valence-electron chi connectivity index (χ3n) is 6.20. The van der Waals surface area contributed by atoms with E-state index in [2.05, 4.69) is 5.32 Å². The van der Waals surface area contributed by atoms with E-state index in [1.165, 1.54) is 17.0 Å². The molecule has 0 spiro atoms. The van der Waals surface area contributed by atoms with Crippen molar-refractivity contribution in [3.8, 4) is 0 Å². The van der Waals surface area contributed by atoms with E-state index in [-0.39, 0.29) is 23.4 Å². The average Bonchev–Trinajstić information content (AvgIpc) is 2.90. The fraction of sp³-hybridized carbons (Fsp3) is 0.333. The molecule has 1 atom stereocenters. The van der Waals surface area contributed by atoms with Crippen molar-refractivity contribution in [2.75, 3.05) is 17.4 Å². The topological polar surface area (TPSA) is 86.8 Å². The lowest BCUT2D eigenvalue weighted by molar-refractivity contribution is -0.139. The minimum absolute atomic E-state index is 0.0923. The highest BCUT2D eigenvalue weighted by Crippen LogP contribution is 2.25. The Labute approximate surface area is 226 Å². The molecule has 0 aliphatic rings. The Kier molecular flexibility index (Phi) is 10.1. The van der Waals surface area contributed by atoms with Gasteiger partial charge < -0.3 is 10.2 Å². The smallest absolute Gasteiger partial charge is 0.264 e. The van der Waals surface area contributed by atoms with Gasteiger partial charge in [-0.2, -0.15) is 0 Å². The molecule has 0 radical (unpaired) electrons. The molecule has 3 aromatic carbocycles. The summed E-state index contributed by atoms with van der Waals surface area (Å²) in [5, 5.41) is 2.91. The van der Waals surface area contributed by atoms with Crippen LogP contribution in [0.25, 0.3) is 0 Å². The van der Waals surface area contributed by atoms with Gasteiger partial charge in [-0.25, -0.2) is 8.42 Å². The van der Waals surface area contributed by atoms with Crippen LogP contribution in [-0.4, -0.2) is 50.3 Å². The molecule has 0 saturated carbocycles. The third kappa shape index (κ3) is 7.44. The lowest BCUT2D eigenvalue weighted by Gasteiger charge is -2.33. The van der Waals surface area contributed by atoms with Crippen molar-refractivity contribution in [3.63, 3.8) is 0 Å². The first-order valence-corrected chi connectivity index (χ1v) is 14.4. The quantitative estimate of drug-likeness (QED) is 0.368. The fourth-order valence-corrected chi connectivity index (χ4v) is 5.74. The van der Waals surface area contributed by atoms with Gasteiger partial charge in [-0.1, -0.05) is 67.6 Å². The Morgan fingerprint density at radius 3 is 2.11 bits per heavy atom. The molecule has 0 aliphatic heterocycles. The maximum atomic E-state index is 13.9. The normalized spacial score (nSPS) is 12.1. The number of hydrogen-bond donors (Lipinski definition) is 1. The van der Waals surface area contributed by atoms with E-state index in [1.54, 1.807) is 36.4 Å². The van der Waals surface area contributed by atoms with Crippen molar-refractivity contribution in [2.24, 2.45) is 0 Å². The summed E-state index contributed by atoms with van der Waals surface area (Å²) >= 11 is 0. The SMILES string of the molecule is CC[C@@H](C(=O)NC(C)C)N(CCc1ccccc1)C(=O)CN(c1cccc(C)c1)S(=O)(=O)c1ccccc1. The van der Waals surface area contributed by atoms with Crippen LogP contribution < -0.4 is 9.62 Å². The van der Waals surface area contributed by atoms with Crippen LogP contribution in [-0.2, 0) is 26.0 Å². The molecule has 0 fully saturated rings. The summed E-state index contributed by atoms with van der Waals surface area (Å²) < 4.78 is 28.7. The van der Waals surface area contributed by atoms with Crippen LogP contribution in [0, 0.1) is 6.92 Å². The maximum Gasteiger partial charge on any atom is 0.264 e. The molecular weight excluding hydrogens is 498 g/mol. The number of nitrogens with zero attached hydrogens (tertiary/aromatic N) is 2. The van der Waals surface area contributed by atoms with Gasteiger partial charge in [0, 0.05) is 12.6 Å². The van der Waals surface area contributed by atoms with Crippen molar-refractivity contribution in [2.45, 2.75) is 57.5 Å². The van der Waals surface area contributed by atoms with Gasteiger partial charge in [-0.15, -0.1) is 0 Å². The molecule has 0 aliphatic carbocycles. The second-order valence-electron chi connectivity index (χ2n) is 9.57. The summed E-state index contributed by atoms with van der Waals surface area (Å²) in [6, 6.07) is 24.0. The van der Waals surface area contributed by atoms with E-state index in [0.29, 0.717) is 18.5 Å². The van der Waals surface area contributed by atoms with Crippen LogP contribution in [0.15, 0.2) is 89.8 Å². The molecule has 8 heteroatoms. The first kappa shape index (κ1) is 28.9. The van der Waals surface area contributed by atoms with E-state index in [9.17, 15) is 18.0 Å². The number of benzene rings is 3. The zero-order valence-electron chi connectivity index (χ0n) is 22.5. The molecule has 3 rings (SSSR count). The Hall–Kier alpha value is -3.65. The Morgan fingerprint density at radius 1 is 0.895 bits per heavy atom. The van der Waals surface area contributed by atoms with Gasteiger partial charge in [0.1, 0.15) is 12.6 Å². The second-order valence-corrected chi connectivity index (χ2v) is 11.4. The number of aryl methyl sites for hydroxylation is 1. The van der Waals surface area contributed by atoms with Crippen molar-refractivity contribution < 1.29 is 18.0 Å². The summed E-state index contributed by atoms with van der Waals surface area (Å²) in [6.45, 7) is 7.31. The van der Waals surface area contributed by atoms with Gasteiger partial charge in [0.25, 0.3) is 10.0 Å². The monoisotopic (exact) mass is 535 g/mol. The lowest BCUT2D eigenvalue weighted by atomic mass is 10.1. The second kappa shape index (κ2) is 13.2. The third-order valence-corrected chi connectivity index (χ3v) is 7.99. The molecule has 0 aromatic heterocycles. The fourth-order valence-electron chi connectivity index (χ4n) is 4.31. The molecule has 0 unspecified atom stereocenters. The van der Waals surface area contributed by atoms with Crippen LogP contribution in [0.2, 0.25) is 0 Å². The first-order chi connectivity index (χ1) is 18.1. The van der Waals surface area contributed by atoms with E-state index in [0.717, 1.165) is 15.4 Å². The van der Waals surface area contributed by atoms with Gasteiger partial charge >= 0.3 is 0 Å². The summed E-state index contributed by atoms with van der Waals surface area (Å²) in [5.41, 5.74) is 2.29. The Morgan fingerprint density at radius 2 is 1.53 bits per heavy atom. The molecular formula is C30H37N3O4S. The molecule has 0 saturated heterocycles. The summed E-state index contributed by atoms with van der Waals surface area (Å²) in [7, 11) is -4.05. The van der Waals surface area contributed by atoms with Crippen molar-refractivity contribution in [1.29, 1.82) is 0 Å². The molecule has 0 bridgehead atoms. The molecule has 202 valence electrons. The molecule has 7 nitrogen and oxygen atoms in total. The molecule has 2 amide bonds. The predicted molar refractivity (Wildman–Crippen MR) is 151 cm³/mol. The summed E-state index contributed by atoms with van der Waals surface area (Å²) in [6.07, 6.45) is 0.933. The molecule has 1 N–H and O–H groups in total. The average molecular weight is 536 g/mol. The van der Waals surface area contributed by atoms with E-state index in [1.807, 2.05) is 64.1 Å². The number of rotatable bonds is 12. The van der Waals surface area contributed by atoms with Crippen LogP contribution in [0.3, 0.4) is 0 Å². The highest BCUT2D eigenvalue weighted by atomic mass is 32.2. The zero-order chi connectivity index (χ0) is 27.7. The van der Waals surface area contributed by atoms with Gasteiger partial charge in [0.15, 0.2) is 0 Å². The highest BCUT2D eigenvalue weighted by molar-refractivity contribution is 7.92. The largest absolute Gasteiger partial charge is 0.352 e. The minimum Gasteiger partial charge on any atom is -0.352 e. The summed E-state index contributed by atoms with van der Waals surface area (Å²) in [4.78, 5) is 28.7. The molecule has 0 heterocycles. The van der Waals surface area contributed by atoms with Crippen LogP contribution in [0.1, 0.15) is 38.3 Å². The maximum absolute atomic E-state index is 13.9. The lowest BCUT2D eigenvalue weighted by Crippen LogP contribution is -2.54. The zero-order valence-corrected chi connectivity index (χ0v) is 23.3. The van der Waals surface area contributed by atoms with Crippen LogP contribution in [0.5, 0.6) is 0 Å². The summed E-state index contributed by atoms with van der Waals surface area (Å²) in [5.74, 6) is -0.690. The number of carbonyl (C=O) groups excluding carboxylic acids is 2. The van der Waals surface area contributed by atoms with E-state index >= 15 is 0 Å². The number of anilines is 1. The number of sulfonamides is 1. The van der Waals surface area contributed by atoms with Crippen molar-refractivity contribution >= 4 is 27.5 Å².